The first-order valence-electron chi connectivity index (χ1n) is 7.41. The molecule has 0 aliphatic heterocycles. The molecule has 0 spiro atoms. The lowest BCUT2D eigenvalue weighted by Crippen LogP contribution is -1.93. The SMILES string of the molecule is CCCCc1ccc(-c2ccc(OC)c(C)c2C)cc1. The predicted octanol–water partition coefficient (Wildman–Crippen LogP) is 5.32. The van der Waals surface area contributed by atoms with Crippen LogP contribution in [0, 0.1) is 13.8 Å². The van der Waals surface area contributed by atoms with Gasteiger partial charge in [0.1, 0.15) is 5.75 Å². The molecule has 1 nitrogen and oxygen atoms in total. The number of hydrogen-bond donors (Lipinski definition) is 0. The van der Waals surface area contributed by atoms with Crippen molar-refractivity contribution in [3.05, 3.63) is 53.1 Å². The molecule has 0 saturated heterocycles. The second kappa shape index (κ2) is 6.60. The summed E-state index contributed by atoms with van der Waals surface area (Å²) in [6.45, 7) is 6.52. The van der Waals surface area contributed by atoms with Gasteiger partial charge in [0.15, 0.2) is 0 Å². The fourth-order valence-corrected chi connectivity index (χ4v) is 2.56. The highest BCUT2D eigenvalue weighted by molar-refractivity contribution is 5.70. The average Bonchev–Trinajstić information content (AvgIpc) is 2.48. The molecular formula is C19H24O. The molecule has 0 fully saturated rings. The largest absolute Gasteiger partial charge is 0.496 e. The number of hydrogen-bond acceptors (Lipinski definition) is 1. The summed E-state index contributed by atoms with van der Waals surface area (Å²) in [6, 6.07) is 13.2. The molecule has 0 atom stereocenters. The molecule has 1 heteroatoms. The van der Waals surface area contributed by atoms with E-state index in [1.54, 1.807) is 7.11 Å². The van der Waals surface area contributed by atoms with Crippen LogP contribution in [-0.4, -0.2) is 7.11 Å². The molecule has 0 aliphatic rings. The molecule has 106 valence electrons. The van der Waals surface area contributed by atoms with Crippen LogP contribution < -0.4 is 4.74 Å². The number of benzene rings is 2. The first-order chi connectivity index (χ1) is 9.67. The van der Waals surface area contributed by atoms with Crippen LogP contribution >= 0.6 is 0 Å². The molecule has 0 N–H and O–H groups in total. The van der Waals surface area contributed by atoms with E-state index in [1.807, 2.05) is 0 Å². The summed E-state index contributed by atoms with van der Waals surface area (Å²) in [6.07, 6.45) is 3.69. The highest BCUT2D eigenvalue weighted by Crippen LogP contribution is 2.31. The summed E-state index contributed by atoms with van der Waals surface area (Å²) < 4.78 is 5.38. The van der Waals surface area contributed by atoms with Crippen molar-refractivity contribution in [1.29, 1.82) is 0 Å². The van der Waals surface area contributed by atoms with E-state index < -0.39 is 0 Å². The summed E-state index contributed by atoms with van der Waals surface area (Å²) in [4.78, 5) is 0. The molecule has 0 aromatic heterocycles. The summed E-state index contributed by atoms with van der Waals surface area (Å²) in [5.74, 6) is 0.964. The fraction of sp³-hybridized carbons (Fsp3) is 0.368. The van der Waals surface area contributed by atoms with E-state index in [0.29, 0.717) is 0 Å². The third-order valence-electron chi connectivity index (χ3n) is 4.04. The molecular weight excluding hydrogens is 244 g/mol. The van der Waals surface area contributed by atoms with Gasteiger partial charge in [-0.2, -0.15) is 0 Å². The predicted molar refractivity (Wildman–Crippen MR) is 86.5 cm³/mol. The van der Waals surface area contributed by atoms with Crippen LogP contribution in [0.5, 0.6) is 5.75 Å². The van der Waals surface area contributed by atoms with Crippen LogP contribution in [0.3, 0.4) is 0 Å². The molecule has 0 heterocycles. The van der Waals surface area contributed by atoms with Crippen molar-refractivity contribution in [2.75, 3.05) is 7.11 Å². The lowest BCUT2D eigenvalue weighted by Gasteiger charge is -2.13. The fourth-order valence-electron chi connectivity index (χ4n) is 2.56. The van der Waals surface area contributed by atoms with E-state index in [9.17, 15) is 0 Å². The zero-order valence-electron chi connectivity index (χ0n) is 13.0. The Labute approximate surface area is 122 Å². The normalized spacial score (nSPS) is 10.6. The number of unbranched alkanes of at least 4 members (excludes halogenated alkanes) is 1. The third kappa shape index (κ3) is 3.04. The van der Waals surface area contributed by atoms with Crippen LogP contribution in [0.2, 0.25) is 0 Å². The minimum Gasteiger partial charge on any atom is -0.496 e. The molecule has 0 saturated carbocycles. The Balaban J connectivity index is 2.30. The number of aryl methyl sites for hydroxylation is 1. The lowest BCUT2D eigenvalue weighted by molar-refractivity contribution is 0.411. The second-order valence-corrected chi connectivity index (χ2v) is 5.37. The standard InChI is InChI=1S/C19H24O/c1-5-6-7-16-8-10-17(11-9-16)18-12-13-19(20-4)15(3)14(18)2/h8-13H,5-7H2,1-4H3. The van der Waals surface area contributed by atoms with Gasteiger partial charge >= 0.3 is 0 Å². The zero-order valence-corrected chi connectivity index (χ0v) is 13.0. The summed E-state index contributed by atoms with van der Waals surface area (Å²) in [5.41, 5.74) is 6.53. The van der Waals surface area contributed by atoms with Crippen molar-refractivity contribution in [3.8, 4) is 16.9 Å². The maximum atomic E-state index is 5.38. The van der Waals surface area contributed by atoms with Gasteiger partial charge in [0.2, 0.25) is 0 Å². The maximum Gasteiger partial charge on any atom is 0.122 e. The average molecular weight is 268 g/mol. The van der Waals surface area contributed by atoms with Crippen molar-refractivity contribution in [3.63, 3.8) is 0 Å². The molecule has 20 heavy (non-hydrogen) atoms. The van der Waals surface area contributed by atoms with Gasteiger partial charge in [-0.3, -0.25) is 0 Å². The van der Waals surface area contributed by atoms with Crippen molar-refractivity contribution in [1.82, 2.24) is 0 Å². The van der Waals surface area contributed by atoms with Crippen molar-refractivity contribution in [2.24, 2.45) is 0 Å². The zero-order chi connectivity index (χ0) is 14.5. The van der Waals surface area contributed by atoms with Crippen LogP contribution in [-0.2, 0) is 6.42 Å². The van der Waals surface area contributed by atoms with Gasteiger partial charge in [-0.25, -0.2) is 0 Å². The third-order valence-corrected chi connectivity index (χ3v) is 4.04. The van der Waals surface area contributed by atoms with Crippen LogP contribution in [0.15, 0.2) is 36.4 Å². The monoisotopic (exact) mass is 268 g/mol. The van der Waals surface area contributed by atoms with Crippen LogP contribution in [0.1, 0.15) is 36.5 Å². The van der Waals surface area contributed by atoms with Gasteiger partial charge in [-0.05, 0) is 60.6 Å². The molecule has 2 aromatic carbocycles. The Bertz CT molecular complexity index is 567. The van der Waals surface area contributed by atoms with E-state index >= 15 is 0 Å². The molecule has 0 unspecified atom stereocenters. The molecule has 0 radical (unpaired) electrons. The molecule has 0 amide bonds. The Hall–Kier alpha value is -1.76. The molecule has 2 aromatic rings. The topological polar surface area (TPSA) is 9.23 Å². The number of rotatable bonds is 5. The maximum absolute atomic E-state index is 5.38. The van der Waals surface area contributed by atoms with E-state index in [4.69, 9.17) is 4.74 Å². The van der Waals surface area contributed by atoms with Crippen molar-refractivity contribution in [2.45, 2.75) is 40.0 Å². The number of methoxy groups -OCH3 is 1. The molecule has 0 bridgehead atoms. The second-order valence-electron chi connectivity index (χ2n) is 5.37. The van der Waals surface area contributed by atoms with Gasteiger partial charge in [-0.1, -0.05) is 43.7 Å². The van der Waals surface area contributed by atoms with Crippen molar-refractivity contribution >= 4 is 0 Å². The minimum absolute atomic E-state index is 0.964. The van der Waals surface area contributed by atoms with E-state index in [1.165, 1.54) is 47.1 Å². The summed E-state index contributed by atoms with van der Waals surface area (Å²) in [5, 5.41) is 0. The Kier molecular flexibility index (Phi) is 4.84. The van der Waals surface area contributed by atoms with Crippen LogP contribution in [0.4, 0.5) is 0 Å². The number of ether oxygens (including phenoxy) is 1. The molecule has 2 rings (SSSR count). The first-order valence-corrected chi connectivity index (χ1v) is 7.41. The minimum atomic E-state index is 0.964. The van der Waals surface area contributed by atoms with E-state index in [2.05, 4.69) is 57.2 Å². The van der Waals surface area contributed by atoms with Crippen molar-refractivity contribution < 1.29 is 4.74 Å². The van der Waals surface area contributed by atoms with Gasteiger partial charge < -0.3 is 4.74 Å². The Morgan fingerprint density at radius 2 is 1.60 bits per heavy atom. The van der Waals surface area contributed by atoms with E-state index in [-0.39, 0.29) is 0 Å². The highest BCUT2D eigenvalue weighted by atomic mass is 16.5. The quantitative estimate of drug-likeness (QED) is 0.713. The smallest absolute Gasteiger partial charge is 0.122 e. The van der Waals surface area contributed by atoms with E-state index in [0.717, 1.165) is 5.75 Å². The molecule has 0 aliphatic carbocycles. The van der Waals surface area contributed by atoms with Gasteiger partial charge in [0.25, 0.3) is 0 Å². The highest BCUT2D eigenvalue weighted by Gasteiger charge is 2.08. The summed E-state index contributed by atoms with van der Waals surface area (Å²) >= 11 is 0. The summed E-state index contributed by atoms with van der Waals surface area (Å²) in [7, 11) is 1.73. The van der Waals surface area contributed by atoms with Gasteiger partial charge in [0.05, 0.1) is 7.11 Å². The Morgan fingerprint density at radius 3 is 2.20 bits per heavy atom. The Morgan fingerprint density at radius 1 is 0.900 bits per heavy atom. The lowest BCUT2D eigenvalue weighted by atomic mass is 9.95. The van der Waals surface area contributed by atoms with Gasteiger partial charge in [-0.15, -0.1) is 0 Å². The first kappa shape index (κ1) is 14.6. The van der Waals surface area contributed by atoms with Crippen LogP contribution in [0.25, 0.3) is 11.1 Å². The van der Waals surface area contributed by atoms with Gasteiger partial charge in [0, 0.05) is 0 Å².